The van der Waals surface area contributed by atoms with Crippen molar-refractivity contribution in [2.24, 2.45) is 5.92 Å². The number of anilines is 1. The molecule has 3 heteroatoms. The van der Waals surface area contributed by atoms with Crippen molar-refractivity contribution in [3.63, 3.8) is 0 Å². The van der Waals surface area contributed by atoms with Gasteiger partial charge < -0.3 is 9.64 Å². The third-order valence-corrected chi connectivity index (χ3v) is 4.41. The minimum atomic E-state index is -0.174. The first-order chi connectivity index (χ1) is 11.7. The number of carbonyl (C=O) groups excluding carboxylic acids is 1. The van der Waals surface area contributed by atoms with Crippen LogP contribution in [0.2, 0.25) is 0 Å². The molecule has 1 amide bonds. The van der Waals surface area contributed by atoms with Gasteiger partial charge in [-0.1, -0.05) is 42.5 Å². The molecule has 0 spiro atoms. The van der Waals surface area contributed by atoms with Crippen molar-refractivity contribution >= 4 is 17.7 Å². The van der Waals surface area contributed by atoms with Gasteiger partial charge in [0.2, 0.25) is 5.91 Å². The minimum absolute atomic E-state index is 0.00333. The predicted molar refractivity (Wildman–Crippen MR) is 98.0 cm³/mol. The van der Waals surface area contributed by atoms with E-state index in [2.05, 4.69) is 31.7 Å². The van der Waals surface area contributed by atoms with Crippen LogP contribution >= 0.6 is 0 Å². The van der Waals surface area contributed by atoms with Crippen molar-refractivity contribution < 1.29 is 9.53 Å². The summed E-state index contributed by atoms with van der Waals surface area (Å²) in [5, 5.41) is 0. The van der Waals surface area contributed by atoms with E-state index in [1.165, 1.54) is 0 Å². The van der Waals surface area contributed by atoms with E-state index in [-0.39, 0.29) is 17.9 Å². The summed E-state index contributed by atoms with van der Waals surface area (Å²) in [7, 11) is 1.63. The van der Waals surface area contributed by atoms with Crippen molar-refractivity contribution in [3.8, 4) is 5.75 Å². The number of ether oxygens (including phenoxy) is 1. The van der Waals surface area contributed by atoms with Crippen LogP contribution in [-0.2, 0) is 4.79 Å². The number of amides is 1. The Hall–Kier alpha value is -2.81. The zero-order valence-electron chi connectivity index (χ0n) is 14.0. The lowest BCUT2D eigenvalue weighted by Crippen LogP contribution is -2.61. The normalized spacial score (nSPS) is 20.5. The lowest BCUT2D eigenvalue weighted by atomic mass is 9.81. The lowest BCUT2D eigenvalue weighted by molar-refractivity contribution is -0.127. The molecule has 1 aliphatic heterocycles. The first-order valence-corrected chi connectivity index (χ1v) is 7.98. The van der Waals surface area contributed by atoms with Gasteiger partial charge >= 0.3 is 0 Å². The molecule has 24 heavy (non-hydrogen) atoms. The predicted octanol–water partition coefficient (Wildman–Crippen LogP) is 4.32. The second kappa shape index (κ2) is 6.75. The van der Waals surface area contributed by atoms with Gasteiger partial charge in [0.1, 0.15) is 5.75 Å². The summed E-state index contributed by atoms with van der Waals surface area (Å²) < 4.78 is 5.19. The average molecular weight is 319 g/mol. The molecular weight excluding hydrogens is 298 g/mol. The molecule has 0 aliphatic carbocycles. The van der Waals surface area contributed by atoms with Crippen LogP contribution in [0.5, 0.6) is 5.75 Å². The monoisotopic (exact) mass is 319 g/mol. The smallest absolute Gasteiger partial charge is 0.236 e. The fraction of sp³-hybridized carbons (Fsp3) is 0.190. The number of hydrogen-bond acceptors (Lipinski definition) is 2. The molecule has 1 fully saturated rings. The quantitative estimate of drug-likeness (QED) is 0.607. The Morgan fingerprint density at radius 3 is 2.38 bits per heavy atom. The van der Waals surface area contributed by atoms with E-state index in [0.29, 0.717) is 0 Å². The number of methoxy groups -OCH3 is 1. The van der Waals surface area contributed by atoms with Gasteiger partial charge in [-0.05, 0) is 42.3 Å². The highest BCUT2D eigenvalue weighted by Crippen LogP contribution is 2.38. The average Bonchev–Trinajstić information content (AvgIpc) is 2.61. The van der Waals surface area contributed by atoms with Gasteiger partial charge in [0, 0.05) is 5.69 Å². The third-order valence-electron chi connectivity index (χ3n) is 4.41. The molecule has 0 N–H and O–H groups in total. The molecule has 2 aromatic carbocycles. The Kier molecular flexibility index (Phi) is 4.52. The molecule has 2 atom stereocenters. The van der Waals surface area contributed by atoms with E-state index in [1.807, 2.05) is 47.4 Å². The second-order valence-corrected chi connectivity index (χ2v) is 5.91. The molecule has 1 heterocycles. The lowest BCUT2D eigenvalue weighted by Gasteiger charge is -2.46. The Bertz CT molecular complexity index is 762. The maximum absolute atomic E-state index is 12.5. The molecule has 0 unspecified atom stereocenters. The zero-order chi connectivity index (χ0) is 17.1. The van der Waals surface area contributed by atoms with Gasteiger partial charge in [0.15, 0.2) is 0 Å². The SMILES string of the molecule is C=C[C@H]1C(=O)N(c2ccc(OC)cc2)[C@@H]1/C(C)=C/c1ccccc1. The van der Waals surface area contributed by atoms with Gasteiger partial charge in [-0.2, -0.15) is 0 Å². The minimum Gasteiger partial charge on any atom is -0.497 e. The summed E-state index contributed by atoms with van der Waals surface area (Å²) >= 11 is 0. The number of benzene rings is 2. The molecule has 1 saturated heterocycles. The van der Waals surface area contributed by atoms with Crippen molar-refractivity contribution in [1.29, 1.82) is 0 Å². The molecule has 0 radical (unpaired) electrons. The first kappa shape index (κ1) is 16.1. The Labute approximate surface area is 142 Å². The summed E-state index contributed by atoms with van der Waals surface area (Å²) in [5.74, 6) is 0.688. The summed E-state index contributed by atoms with van der Waals surface area (Å²) in [5.41, 5.74) is 3.15. The molecular formula is C21H21NO2. The van der Waals surface area contributed by atoms with Gasteiger partial charge in [-0.25, -0.2) is 0 Å². The number of hydrogen-bond donors (Lipinski definition) is 0. The van der Waals surface area contributed by atoms with Crippen LogP contribution < -0.4 is 9.64 Å². The summed E-state index contributed by atoms with van der Waals surface area (Å²) in [4.78, 5) is 14.3. The fourth-order valence-electron chi connectivity index (χ4n) is 3.16. The van der Waals surface area contributed by atoms with E-state index in [1.54, 1.807) is 13.2 Å². The summed E-state index contributed by atoms with van der Waals surface area (Å²) in [6.45, 7) is 5.90. The summed E-state index contributed by atoms with van der Waals surface area (Å²) in [6.07, 6.45) is 3.87. The zero-order valence-corrected chi connectivity index (χ0v) is 14.0. The van der Waals surface area contributed by atoms with Crippen LogP contribution in [0.15, 0.2) is 72.8 Å². The molecule has 3 rings (SSSR count). The van der Waals surface area contributed by atoms with Gasteiger partial charge in [-0.15, -0.1) is 6.58 Å². The Morgan fingerprint density at radius 1 is 1.12 bits per heavy atom. The first-order valence-electron chi connectivity index (χ1n) is 7.98. The largest absolute Gasteiger partial charge is 0.497 e. The van der Waals surface area contributed by atoms with Crippen LogP contribution in [0.1, 0.15) is 12.5 Å². The highest BCUT2D eigenvalue weighted by Gasteiger charge is 2.46. The van der Waals surface area contributed by atoms with Crippen molar-refractivity contribution in [2.75, 3.05) is 12.0 Å². The number of nitrogens with zero attached hydrogens (tertiary/aromatic N) is 1. The van der Waals surface area contributed by atoms with E-state index in [4.69, 9.17) is 4.74 Å². The van der Waals surface area contributed by atoms with Gasteiger partial charge in [0.25, 0.3) is 0 Å². The van der Waals surface area contributed by atoms with Crippen LogP contribution in [0, 0.1) is 5.92 Å². The maximum atomic E-state index is 12.5. The van der Waals surface area contributed by atoms with E-state index in [9.17, 15) is 4.79 Å². The molecule has 3 nitrogen and oxygen atoms in total. The Morgan fingerprint density at radius 2 is 1.79 bits per heavy atom. The molecule has 0 bridgehead atoms. The molecule has 0 saturated carbocycles. The number of rotatable bonds is 5. The molecule has 122 valence electrons. The molecule has 1 aliphatic rings. The van der Waals surface area contributed by atoms with Crippen LogP contribution in [-0.4, -0.2) is 19.1 Å². The number of β-lactam (4-membered cyclic amide) rings is 1. The standard InChI is InChI=1S/C21H21NO2/c1-4-19-20(15(2)14-16-8-6-5-7-9-16)22(21(19)23)17-10-12-18(24-3)13-11-17/h4-14,19-20H,1H2,2-3H3/b15-14+/t19-,20-/m1/s1. The van der Waals surface area contributed by atoms with E-state index < -0.39 is 0 Å². The Balaban J connectivity index is 1.91. The van der Waals surface area contributed by atoms with E-state index in [0.717, 1.165) is 22.6 Å². The second-order valence-electron chi connectivity index (χ2n) is 5.91. The fourth-order valence-corrected chi connectivity index (χ4v) is 3.16. The van der Waals surface area contributed by atoms with Crippen LogP contribution in [0.3, 0.4) is 0 Å². The topological polar surface area (TPSA) is 29.5 Å². The van der Waals surface area contributed by atoms with E-state index >= 15 is 0 Å². The van der Waals surface area contributed by atoms with Crippen LogP contribution in [0.25, 0.3) is 6.08 Å². The van der Waals surface area contributed by atoms with Gasteiger partial charge in [0.05, 0.1) is 19.1 Å². The highest BCUT2D eigenvalue weighted by molar-refractivity contribution is 6.05. The third kappa shape index (κ3) is 2.85. The van der Waals surface area contributed by atoms with Crippen molar-refractivity contribution in [3.05, 3.63) is 78.4 Å². The van der Waals surface area contributed by atoms with Crippen molar-refractivity contribution in [1.82, 2.24) is 0 Å². The molecule has 0 aromatic heterocycles. The van der Waals surface area contributed by atoms with Gasteiger partial charge in [-0.3, -0.25) is 4.79 Å². The van der Waals surface area contributed by atoms with Crippen molar-refractivity contribution in [2.45, 2.75) is 13.0 Å². The summed E-state index contributed by atoms with van der Waals surface area (Å²) in [6, 6.07) is 17.7. The molecule has 2 aromatic rings. The van der Waals surface area contributed by atoms with Crippen LogP contribution in [0.4, 0.5) is 5.69 Å². The maximum Gasteiger partial charge on any atom is 0.236 e. The highest BCUT2D eigenvalue weighted by atomic mass is 16.5. The number of carbonyl (C=O) groups is 1.